The van der Waals surface area contributed by atoms with E-state index in [2.05, 4.69) is 26.2 Å². The van der Waals surface area contributed by atoms with Crippen LogP contribution in [0.25, 0.3) is 0 Å². The second kappa shape index (κ2) is 5.31. The summed E-state index contributed by atoms with van der Waals surface area (Å²) in [6.45, 7) is 2.02. The number of aliphatic hydroxyl groups is 1. The van der Waals surface area contributed by atoms with Crippen molar-refractivity contribution in [3.05, 3.63) is 33.6 Å². The van der Waals surface area contributed by atoms with Crippen LogP contribution >= 0.6 is 15.9 Å². The van der Waals surface area contributed by atoms with E-state index in [1.54, 1.807) is 14.2 Å². The highest BCUT2D eigenvalue weighted by atomic mass is 79.9. The van der Waals surface area contributed by atoms with Gasteiger partial charge >= 0.3 is 0 Å². The molecule has 0 saturated carbocycles. The first-order valence-corrected chi connectivity index (χ1v) is 7.41. The molecule has 7 heteroatoms. The molecule has 0 radical (unpaired) electrons. The van der Waals surface area contributed by atoms with Gasteiger partial charge in [0.1, 0.15) is 29.4 Å². The number of hydrogen-bond donors (Lipinski definition) is 1. The van der Waals surface area contributed by atoms with Crippen LogP contribution < -0.4 is 9.47 Å². The number of methoxy groups -OCH3 is 1. The first-order valence-electron chi connectivity index (χ1n) is 6.62. The fraction of sp³-hybridized carbons (Fsp3) is 0.429. The number of halogens is 1. The van der Waals surface area contributed by atoms with Crippen LogP contribution in [0.15, 0.2) is 16.7 Å². The van der Waals surface area contributed by atoms with Gasteiger partial charge in [-0.3, -0.25) is 0 Å². The van der Waals surface area contributed by atoms with Crippen LogP contribution in [0.3, 0.4) is 0 Å². The highest BCUT2D eigenvalue weighted by molar-refractivity contribution is 9.10. The fourth-order valence-corrected chi connectivity index (χ4v) is 3.17. The minimum atomic E-state index is -0.904. The van der Waals surface area contributed by atoms with Crippen LogP contribution in [0.5, 0.6) is 11.5 Å². The van der Waals surface area contributed by atoms with E-state index < -0.39 is 6.10 Å². The number of fused-ring (bicyclic) bond motifs is 1. The predicted molar refractivity (Wildman–Crippen MR) is 79.6 cm³/mol. The average Bonchev–Trinajstić information content (AvgIpc) is 2.97. The van der Waals surface area contributed by atoms with Crippen molar-refractivity contribution in [2.24, 2.45) is 7.05 Å². The molecule has 0 amide bonds. The molecule has 2 aromatic rings. The molecule has 1 aromatic heterocycles. The molecule has 6 nitrogen and oxygen atoms in total. The molecule has 0 bridgehead atoms. The van der Waals surface area contributed by atoms with Crippen molar-refractivity contribution in [3.8, 4) is 11.5 Å². The Balaban J connectivity index is 2.08. The average molecular weight is 354 g/mol. The second-order valence-corrected chi connectivity index (χ2v) is 5.88. The van der Waals surface area contributed by atoms with Gasteiger partial charge in [-0.25, -0.2) is 4.68 Å². The SMILES string of the molecule is COc1cc2c(cc1C(O)c1c(Br)nnn1C)OC(C)C2. The van der Waals surface area contributed by atoms with Crippen LogP contribution in [-0.2, 0) is 13.5 Å². The van der Waals surface area contributed by atoms with Crippen molar-refractivity contribution in [1.82, 2.24) is 15.0 Å². The summed E-state index contributed by atoms with van der Waals surface area (Å²) in [7, 11) is 3.32. The van der Waals surface area contributed by atoms with Crippen molar-refractivity contribution in [2.45, 2.75) is 25.6 Å². The third-order valence-electron chi connectivity index (χ3n) is 3.63. The lowest BCUT2D eigenvalue weighted by molar-refractivity contribution is 0.202. The predicted octanol–water partition coefficient (Wildman–Crippen LogP) is 1.99. The van der Waals surface area contributed by atoms with Gasteiger partial charge in [-0.15, -0.1) is 5.10 Å². The third-order valence-corrected chi connectivity index (χ3v) is 4.19. The first-order chi connectivity index (χ1) is 10.0. The van der Waals surface area contributed by atoms with E-state index in [1.165, 1.54) is 4.68 Å². The number of aryl methyl sites for hydroxylation is 1. The van der Waals surface area contributed by atoms with E-state index in [9.17, 15) is 5.11 Å². The Kier molecular flexibility index (Phi) is 3.62. The summed E-state index contributed by atoms with van der Waals surface area (Å²) in [5.41, 5.74) is 2.30. The van der Waals surface area contributed by atoms with Crippen molar-refractivity contribution in [1.29, 1.82) is 0 Å². The summed E-state index contributed by atoms with van der Waals surface area (Å²) in [5.74, 6) is 1.43. The smallest absolute Gasteiger partial charge is 0.154 e. The summed E-state index contributed by atoms with van der Waals surface area (Å²) in [6, 6.07) is 3.76. The summed E-state index contributed by atoms with van der Waals surface area (Å²) in [6.07, 6.45) is 0.0836. The lowest BCUT2D eigenvalue weighted by atomic mass is 10.0. The van der Waals surface area contributed by atoms with E-state index in [4.69, 9.17) is 9.47 Å². The summed E-state index contributed by atoms with van der Waals surface area (Å²) >= 11 is 3.31. The maximum absolute atomic E-state index is 10.7. The van der Waals surface area contributed by atoms with E-state index in [1.807, 2.05) is 19.1 Å². The molecule has 21 heavy (non-hydrogen) atoms. The van der Waals surface area contributed by atoms with Crippen LogP contribution in [0.1, 0.15) is 29.8 Å². The molecule has 0 aliphatic carbocycles. The second-order valence-electron chi connectivity index (χ2n) is 5.13. The van der Waals surface area contributed by atoms with Crippen LogP contribution in [0.4, 0.5) is 0 Å². The molecule has 112 valence electrons. The molecular formula is C14H16BrN3O3. The molecule has 0 saturated heterocycles. The zero-order chi connectivity index (χ0) is 15.1. The number of ether oxygens (including phenoxy) is 2. The Morgan fingerprint density at radius 3 is 2.90 bits per heavy atom. The standard InChI is InChI=1S/C14H16BrN3O3/c1-7-4-8-5-11(20-3)9(6-10(8)21-7)13(19)12-14(15)16-17-18(12)2/h5-7,13,19H,4H2,1-3H3. The minimum Gasteiger partial charge on any atom is -0.496 e. The Labute approximate surface area is 130 Å². The van der Waals surface area contributed by atoms with Crippen molar-refractivity contribution in [2.75, 3.05) is 7.11 Å². The molecule has 1 aromatic carbocycles. The normalized spacial score (nSPS) is 18.2. The lowest BCUT2D eigenvalue weighted by Crippen LogP contribution is -2.09. The van der Waals surface area contributed by atoms with Gasteiger partial charge in [-0.2, -0.15) is 0 Å². The first kappa shape index (κ1) is 14.3. The molecule has 0 spiro atoms. The molecule has 0 fully saturated rings. The van der Waals surface area contributed by atoms with E-state index >= 15 is 0 Å². The molecule has 1 aliphatic heterocycles. The van der Waals surface area contributed by atoms with Gasteiger partial charge in [0.25, 0.3) is 0 Å². The Morgan fingerprint density at radius 1 is 1.52 bits per heavy atom. The largest absolute Gasteiger partial charge is 0.496 e. The number of aromatic nitrogens is 3. The number of benzene rings is 1. The molecule has 1 N–H and O–H groups in total. The summed E-state index contributed by atoms with van der Waals surface area (Å²) < 4.78 is 13.2. The molecule has 3 rings (SSSR count). The quantitative estimate of drug-likeness (QED) is 0.913. The highest BCUT2D eigenvalue weighted by Gasteiger charge is 2.27. The molecule has 2 unspecified atom stereocenters. The number of rotatable bonds is 3. The molecule has 2 heterocycles. The minimum absolute atomic E-state index is 0.141. The van der Waals surface area contributed by atoms with Gasteiger partial charge in [-0.05, 0) is 35.0 Å². The lowest BCUT2D eigenvalue weighted by Gasteiger charge is -2.16. The maximum Gasteiger partial charge on any atom is 0.154 e. The van der Waals surface area contributed by atoms with Gasteiger partial charge in [-0.1, -0.05) is 5.21 Å². The molecule has 1 aliphatic rings. The van der Waals surface area contributed by atoms with Crippen molar-refractivity contribution < 1.29 is 14.6 Å². The maximum atomic E-state index is 10.7. The highest BCUT2D eigenvalue weighted by Crippen LogP contribution is 2.40. The van der Waals surface area contributed by atoms with Crippen molar-refractivity contribution >= 4 is 15.9 Å². The summed E-state index contributed by atoms with van der Waals surface area (Å²) in [5, 5.41) is 18.5. The zero-order valence-corrected chi connectivity index (χ0v) is 13.6. The van der Waals surface area contributed by atoms with Crippen LogP contribution in [0, 0.1) is 0 Å². The van der Waals surface area contributed by atoms with Crippen LogP contribution in [0.2, 0.25) is 0 Å². The van der Waals surface area contributed by atoms with Gasteiger partial charge in [0.15, 0.2) is 4.60 Å². The van der Waals surface area contributed by atoms with Gasteiger partial charge in [0, 0.05) is 24.6 Å². The Morgan fingerprint density at radius 2 is 2.29 bits per heavy atom. The van der Waals surface area contributed by atoms with E-state index in [0.29, 0.717) is 21.6 Å². The summed E-state index contributed by atoms with van der Waals surface area (Å²) in [4.78, 5) is 0. The third kappa shape index (κ3) is 2.40. The fourth-order valence-electron chi connectivity index (χ4n) is 2.62. The Hall–Kier alpha value is -1.60. The Bertz CT molecular complexity index is 667. The van der Waals surface area contributed by atoms with Crippen molar-refractivity contribution in [3.63, 3.8) is 0 Å². The van der Waals surface area contributed by atoms with Gasteiger partial charge in [0.2, 0.25) is 0 Å². The number of nitrogens with zero attached hydrogens (tertiary/aromatic N) is 3. The van der Waals surface area contributed by atoms with E-state index in [-0.39, 0.29) is 6.10 Å². The monoisotopic (exact) mass is 353 g/mol. The topological polar surface area (TPSA) is 69.4 Å². The molecular weight excluding hydrogens is 338 g/mol. The van der Waals surface area contributed by atoms with Gasteiger partial charge < -0.3 is 14.6 Å². The number of hydrogen-bond acceptors (Lipinski definition) is 5. The van der Waals surface area contributed by atoms with E-state index in [0.717, 1.165) is 17.7 Å². The molecule has 2 atom stereocenters. The van der Waals surface area contributed by atoms with Crippen LogP contribution in [-0.4, -0.2) is 33.3 Å². The zero-order valence-electron chi connectivity index (χ0n) is 12.0. The van der Waals surface area contributed by atoms with Gasteiger partial charge in [0.05, 0.1) is 7.11 Å². The number of aliphatic hydroxyl groups excluding tert-OH is 1.